The fourth-order valence-corrected chi connectivity index (χ4v) is 2.03. The highest BCUT2D eigenvalue weighted by atomic mass is 15.3. The Hall–Kier alpha value is -1.16. The summed E-state index contributed by atoms with van der Waals surface area (Å²) in [5.74, 6) is 1.60. The highest BCUT2D eigenvalue weighted by Gasteiger charge is 2.19. The lowest BCUT2D eigenvalue weighted by molar-refractivity contribution is 0.421. The van der Waals surface area contributed by atoms with Gasteiger partial charge in [-0.1, -0.05) is 0 Å². The number of nitrogens with two attached hydrogens (primary N) is 1. The fraction of sp³-hybridized carbons (Fsp3) is 0.636. The zero-order valence-corrected chi connectivity index (χ0v) is 9.19. The molecule has 2 rings (SSSR count). The first kappa shape index (κ1) is 10.4. The highest BCUT2D eigenvalue weighted by Crippen LogP contribution is 2.20. The standard InChI is InChI=1S/C11H18N4/c1-9-4-5-11(14-13-9)15-6-2-3-10(7-12)8-15/h4-5,10H,2-3,6-8,12H2,1H3. The third-order valence-electron chi connectivity index (χ3n) is 2.96. The van der Waals surface area contributed by atoms with E-state index in [1.165, 1.54) is 12.8 Å². The van der Waals surface area contributed by atoms with Gasteiger partial charge in [-0.3, -0.25) is 0 Å². The summed E-state index contributed by atoms with van der Waals surface area (Å²) >= 11 is 0. The summed E-state index contributed by atoms with van der Waals surface area (Å²) < 4.78 is 0. The molecule has 1 aliphatic rings. The van der Waals surface area contributed by atoms with Crippen molar-refractivity contribution in [1.29, 1.82) is 0 Å². The number of anilines is 1. The third kappa shape index (κ3) is 2.45. The van der Waals surface area contributed by atoms with Gasteiger partial charge < -0.3 is 10.6 Å². The second kappa shape index (κ2) is 4.57. The molecule has 1 fully saturated rings. The Bertz CT molecular complexity index is 309. The van der Waals surface area contributed by atoms with Crippen molar-refractivity contribution in [2.45, 2.75) is 19.8 Å². The van der Waals surface area contributed by atoms with Crippen molar-refractivity contribution < 1.29 is 0 Å². The van der Waals surface area contributed by atoms with Crippen LogP contribution < -0.4 is 10.6 Å². The van der Waals surface area contributed by atoms with Gasteiger partial charge in [0.2, 0.25) is 0 Å². The minimum Gasteiger partial charge on any atom is -0.355 e. The number of piperidine rings is 1. The molecule has 15 heavy (non-hydrogen) atoms. The van der Waals surface area contributed by atoms with Crippen LogP contribution in [0.25, 0.3) is 0 Å². The molecule has 1 unspecified atom stereocenters. The van der Waals surface area contributed by atoms with Gasteiger partial charge in [-0.05, 0) is 44.4 Å². The first-order valence-electron chi connectivity index (χ1n) is 5.55. The zero-order valence-electron chi connectivity index (χ0n) is 9.19. The van der Waals surface area contributed by atoms with Gasteiger partial charge in [0.15, 0.2) is 5.82 Å². The predicted octanol–water partition coefficient (Wildman–Crippen LogP) is 0.960. The summed E-state index contributed by atoms with van der Waals surface area (Å²) in [6.45, 7) is 4.83. The lowest BCUT2D eigenvalue weighted by atomic mass is 9.98. The molecule has 2 N–H and O–H groups in total. The summed E-state index contributed by atoms with van der Waals surface area (Å²) in [5.41, 5.74) is 6.67. The largest absolute Gasteiger partial charge is 0.355 e. The van der Waals surface area contributed by atoms with Gasteiger partial charge >= 0.3 is 0 Å². The van der Waals surface area contributed by atoms with Crippen molar-refractivity contribution in [3.05, 3.63) is 17.8 Å². The Morgan fingerprint density at radius 1 is 1.47 bits per heavy atom. The minimum absolute atomic E-state index is 0.613. The molecule has 4 nitrogen and oxygen atoms in total. The van der Waals surface area contributed by atoms with Crippen molar-refractivity contribution in [2.24, 2.45) is 11.7 Å². The number of hydrogen-bond donors (Lipinski definition) is 1. The Labute approximate surface area is 90.5 Å². The topological polar surface area (TPSA) is 55.0 Å². The van der Waals surface area contributed by atoms with Gasteiger partial charge in [0.1, 0.15) is 0 Å². The van der Waals surface area contributed by atoms with Crippen molar-refractivity contribution >= 4 is 5.82 Å². The van der Waals surface area contributed by atoms with E-state index < -0.39 is 0 Å². The maximum Gasteiger partial charge on any atom is 0.151 e. The van der Waals surface area contributed by atoms with Crippen LogP contribution in [0.15, 0.2) is 12.1 Å². The van der Waals surface area contributed by atoms with Crippen LogP contribution in [0.2, 0.25) is 0 Å². The Balaban J connectivity index is 2.06. The average molecular weight is 206 g/mol. The van der Waals surface area contributed by atoms with Gasteiger partial charge in [-0.15, -0.1) is 5.10 Å². The quantitative estimate of drug-likeness (QED) is 0.783. The molecular weight excluding hydrogens is 188 g/mol. The van der Waals surface area contributed by atoms with E-state index in [0.29, 0.717) is 5.92 Å². The molecule has 0 aliphatic carbocycles. The van der Waals surface area contributed by atoms with Crippen LogP contribution in [0, 0.1) is 12.8 Å². The number of aromatic nitrogens is 2. The molecular formula is C11H18N4. The molecule has 1 aliphatic heterocycles. The molecule has 1 atom stereocenters. The van der Waals surface area contributed by atoms with E-state index in [1.54, 1.807) is 0 Å². The maximum absolute atomic E-state index is 5.70. The van der Waals surface area contributed by atoms with E-state index in [-0.39, 0.29) is 0 Å². The molecule has 0 bridgehead atoms. The van der Waals surface area contributed by atoms with E-state index in [1.807, 2.05) is 19.1 Å². The highest BCUT2D eigenvalue weighted by molar-refractivity contribution is 5.37. The Morgan fingerprint density at radius 3 is 3.00 bits per heavy atom. The normalized spacial score (nSPS) is 21.7. The predicted molar refractivity (Wildman–Crippen MR) is 60.8 cm³/mol. The number of hydrogen-bond acceptors (Lipinski definition) is 4. The lowest BCUT2D eigenvalue weighted by Gasteiger charge is -2.32. The van der Waals surface area contributed by atoms with Gasteiger partial charge in [0.05, 0.1) is 5.69 Å². The number of aryl methyl sites for hydroxylation is 1. The molecule has 0 aromatic carbocycles. The van der Waals surface area contributed by atoms with Crippen LogP contribution in [0.5, 0.6) is 0 Å². The molecule has 1 saturated heterocycles. The third-order valence-corrected chi connectivity index (χ3v) is 2.96. The molecule has 2 heterocycles. The van der Waals surface area contributed by atoms with Gasteiger partial charge in [-0.25, -0.2) is 0 Å². The molecule has 0 spiro atoms. The summed E-state index contributed by atoms with van der Waals surface area (Å²) in [6.07, 6.45) is 2.45. The monoisotopic (exact) mass is 206 g/mol. The number of rotatable bonds is 2. The van der Waals surface area contributed by atoms with Crippen molar-refractivity contribution in [3.63, 3.8) is 0 Å². The van der Waals surface area contributed by atoms with Crippen LogP contribution in [0.4, 0.5) is 5.82 Å². The molecule has 82 valence electrons. The second-order valence-corrected chi connectivity index (χ2v) is 4.22. The van der Waals surface area contributed by atoms with E-state index in [2.05, 4.69) is 15.1 Å². The smallest absolute Gasteiger partial charge is 0.151 e. The molecule has 0 radical (unpaired) electrons. The summed E-state index contributed by atoms with van der Waals surface area (Å²) in [4.78, 5) is 2.29. The van der Waals surface area contributed by atoms with Crippen LogP contribution in [0.3, 0.4) is 0 Å². The average Bonchev–Trinajstić information content (AvgIpc) is 2.30. The van der Waals surface area contributed by atoms with E-state index in [4.69, 9.17) is 5.73 Å². The fourth-order valence-electron chi connectivity index (χ4n) is 2.03. The Morgan fingerprint density at radius 2 is 2.33 bits per heavy atom. The van der Waals surface area contributed by atoms with Crippen LogP contribution in [-0.2, 0) is 0 Å². The minimum atomic E-state index is 0.613. The summed E-state index contributed by atoms with van der Waals surface area (Å²) in [7, 11) is 0. The molecule has 0 saturated carbocycles. The zero-order chi connectivity index (χ0) is 10.7. The molecule has 4 heteroatoms. The first-order chi connectivity index (χ1) is 7.29. The van der Waals surface area contributed by atoms with E-state index in [0.717, 1.165) is 31.1 Å². The first-order valence-corrected chi connectivity index (χ1v) is 5.55. The molecule has 0 amide bonds. The van der Waals surface area contributed by atoms with Gasteiger partial charge in [-0.2, -0.15) is 5.10 Å². The van der Waals surface area contributed by atoms with E-state index >= 15 is 0 Å². The van der Waals surface area contributed by atoms with E-state index in [9.17, 15) is 0 Å². The van der Waals surface area contributed by atoms with Crippen LogP contribution >= 0.6 is 0 Å². The van der Waals surface area contributed by atoms with Crippen molar-refractivity contribution in [2.75, 3.05) is 24.5 Å². The number of nitrogens with zero attached hydrogens (tertiary/aromatic N) is 3. The van der Waals surface area contributed by atoms with Crippen molar-refractivity contribution in [3.8, 4) is 0 Å². The van der Waals surface area contributed by atoms with Crippen LogP contribution in [0.1, 0.15) is 18.5 Å². The molecule has 1 aromatic rings. The van der Waals surface area contributed by atoms with Crippen molar-refractivity contribution in [1.82, 2.24) is 10.2 Å². The SMILES string of the molecule is Cc1ccc(N2CCCC(CN)C2)nn1. The van der Waals surface area contributed by atoms with Gasteiger partial charge in [0, 0.05) is 13.1 Å². The van der Waals surface area contributed by atoms with Gasteiger partial charge in [0.25, 0.3) is 0 Å². The second-order valence-electron chi connectivity index (χ2n) is 4.22. The summed E-state index contributed by atoms with van der Waals surface area (Å²) in [5, 5.41) is 8.29. The summed E-state index contributed by atoms with van der Waals surface area (Å²) in [6, 6.07) is 4.05. The Kier molecular flexibility index (Phi) is 3.16. The maximum atomic E-state index is 5.70. The lowest BCUT2D eigenvalue weighted by Crippen LogP contribution is -2.38. The molecule has 1 aromatic heterocycles. The van der Waals surface area contributed by atoms with Crippen LogP contribution in [-0.4, -0.2) is 29.8 Å².